The molecule has 0 amide bonds. The molecule has 0 saturated carbocycles. The van der Waals surface area contributed by atoms with Crippen molar-refractivity contribution in [1.29, 1.82) is 0 Å². The number of anilines is 1. The van der Waals surface area contributed by atoms with Gasteiger partial charge in [-0.05, 0) is 56.2 Å². The van der Waals surface area contributed by atoms with E-state index in [2.05, 4.69) is 5.32 Å². The van der Waals surface area contributed by atoms with Crippen LogP contribution in [0.1, 0.15) is 37.8 Å². The SMILES string of the molecule is CCOc1ccc(-c2nc3n(n2)C(c2ccc(OC)cc2OC)C2=C(CCCC2=O)N3)cc1. The normalized spacial score (nSPS) is 17.2. The fourth-order valence-corrected chi connectivity index (χ4v) is 4.48. The first-order valence-corrected chi connectivity index (χ1v) is 11.1. The van der Waals surface area contributed by atoms with Crippen LogP contribution in [0.2, 0.25) is 0 Å². The van der Waals surface area contributed by atoms with Gasteiger partial charge in [0.05, 0.1) is 20.8 Å². The Morgan fingerprint density at radius 2 is 1.85 bits per heavy atom. The quantitative estimate of drug-likeness (QED) is 0.601. The summed E-state index contributed by atoms with van der Waals surface area (Å²) in [6.45, 7) is 2.56. The molecule has 5 rings (SSSR count). The van der Waals surface area contributed by atoms with Crippen LogP contribution in [0.25, 0.3) is 11.4 Å². The summed E-state index contributed by atoms with van der Waals surface area (Å²) in [6.07, 6.45) is 2.13. The summed E-state index contributed by atoms with van der Waals surface area (Å²) in [4.78, 5) is 17.8. The van der Waals surface area contributed by atoms with E-state index in [9.17, 15) is 4.79 Å². The van der Waals surface area contributed by atoms with Crippen molar-refractivity contribution in [2.45, 2.75) is 32.2 Å². The number of rotatable bonds is 6. The number of methoxy groups -OCH3 is 2. The Morgan fingerprint density at radius 3 is 2.58 bits per heavy atom. The number of ketones is 1. The number of hydrogen-bond donors (Lipinski definition) is 1. The molecule has 170 valence electrons. The first-order valence-electron chi connectivity index (χ1n) is 11.1. The third-order valence-corrected chi connectivity index (χ3v) is 6.03. The van der Waals surface area contributed by atoms with E-state index in [-0.39, 0.29) is 5.78 Å². The minimum absolute atomic E-state index is 0.121. The van der Waals surface area contributed by atoms with Crippen LogP contribution in [0.5, 0.6) is 17.2 Å². The second-order valence-electron chi connectivity index (χ2n) is 7.97. The Hall–Kier alpha value is -3.81. The number of benzene rings is 2. The minimum atomic E-state index is -0.436. The van der Waals surface area contributed by atoms with Crippen LogP contribution in [0.15, 0.2) is 53.7 Å². The van der Waals surface area contributed by atoms with Gasteiger partial charge in [-0.1, -0.05) is 0 Å². The standard InChI is InChI=1S/C25H26N4O4/c1-4-33-16-10-8-15(9-11-16)24-27-25-26-19-6-5-7-20(30)22(19)23(29(25)28-24)18-13-12-17(31-2)14-21(18)32-3/h8-14,23H,4-7H2,1-3H3,(H,26,27,28). The summed E-state index contributed by atoms with van der Waals surface area (Å²) in [6, 6.07) is 12.9. The fourth-order valence-electron chi connectivity index (χ4n) is 4.48. The second-order valence-corrected chi connectivity index (χ2v) is 7.97. The lowest BCUT2D eigenvalue weighted by molar-refractivity contribution is -0.116. The van der Waals surface area contributed by atoms with E-state index >= 15 is 0 Å². The summed E-state index contributed by atoms with van der Waals surface area (Å²) >= 11 is 0. The molecule has 1 N–H and O–H groups in total. The van der Waals surface area contributed by atoms with Crippen molar-refractivity contribution in [2.24, 2.45) is 0 Å². The third-order valence-electron chi connectivity index (χ3n) is 6.03. The van der Waals surface area contributed by atoms with Crippen LogP contribution in [0, 0.1) is 0 Å². The van der Waals surface area contributed by atoms with Gasteiger partial charge in [0.1, 0.15) is 23.3 Å². The summed E-state index contributed by atoms with van der Waals surface area (Å²) < 4.78 is 18.4. The van der Waals surface area contributed by atoms with E-state index in [1.54, 1.807) is 18.9 Å². The van der Waals surface area contributed by atoms with Crippen LogP contribution in [-0.2, 0) is 4.79 Å². The van der Waals surface area contributed by atoms with Gasteiger partial charge < -0.3 is 19.5 Å². The zero-order valence-corrected chi connectivity index (χ0v) is 18.9. The number of allylic oxidation sites excluding steroid dienone is 2. The van der Waals surface area contributed by atoms with E-state index < -0.39 is 6.04 Å². The van der Waals surface area contributed by atoms with Gasteiger partial charge in [-0.15, -0.1) is 5.10 Å². The highest BCUT2D eigenvalue weighted by molar-refractivity contribution is 5.99. The first kappa shape index (κ1) is 21.1. The molecule has 2 heterocycles. The number of Topliss-reactive ketones (excluding diaryl/α,β-unsaturated/α-hetero) is 1. The molecular formula is C25H26N4O4. The molecule has 0 fully saturated rings. The lowest BCUT2D eigenvalue weighted by Crippen LogP contribution is -2.31. The number of hydrogen-bond acceptors (Lipinski definition) is 7. The van der Waals surface area contributed by atoms with Crippen molar-refractivity contribution < 1.29 is 19.0 Å². The Morgan fingerprint density at radius 1 is 1.06 bits per heavy atom. The molecule has 0 radical (unpaired) electrons. The maximum atomic E-state index is 13.1. The zero-order valence-electron chi connectivity index (χ0n) is 18.9. The van der Waals surface area contributed by atoms with Crippen molar-refractivity contribution in [3.05, 3.63) is 59.3 Å². The van der Waals surface area contributed by atoms with Crippen LogP contribution in [-0.4, -0.2) is 41.4 Å². The Labute approximate surface area is 192 Å². The average Bonchev–Trinajstić information content (AvgIpc) is 3.27. The summed E-state index contributed by atoms with van der Waals surface area (Å²) in [5.74, 6) is 3.42. The molecule has 1 aromatic heterocycles. The molecular weight excluding hydrogens is 420 g/mol. The fraction of sp³-hybridized carbons (Fsp3) is 0.320. The first-order chi connectivity index (χ1) is 16.1. The van der Waals surface area contributed by atoms with E-state index in [1.807, 2.05) is 49.4 Å². The smallest absolute Gasteiger partial charge is 0.226 e. The van der Waals surface area contributed by atoms with E-state index in [4.69, 9.17) is 24.3 Å². The van der Waals surface area contributed by atoms with Crippen LogP contribution >= 0.6 is 0 Å². The predicted octanol–water partition coefficient (Wildman–Crippen LogP) is 4.38. The van der Waals surface area contributed by atoms with Crippen LogP contribution < -0.4 is 19.5 Å². The minimum Gasteiger partial charge on any atom is -0.497 e. The molecule has 0 spiro atoms. The maximum absolute atomic E-state index is 13.1. The van der Waals surface area contributed by atoms with Gasteiger partial charge in [0.25, 0.3) is 0 Å². The van der Waals surface area contributed by atoms with Gasteiger partial charge in [-0.3, -0.25) is 4.79 Å². The highest BCUT2D eigenvalue weighted by Gasteiger charge is 2.38. The van der Waals surface area contributed by atoms with Gasteiger partial charge in [0, 0.05) is 34.9 Å². The molecule has 2 aliphatic rings. The van der Waals surface area contributed by atoms with Crippen LogP contribution in [0.4, 0.5) is 5.95 Å². The molecule has 0 saturated heterocycles. The van der Waals surface area contributed by atoms with Crippen molar-refractivity contribution in [1.82, 2.24) is 14.8 Å². The molecule has 1 atom stereocenters. The summed E-state index contributed by atoms with van der Waals surface area (Å²) in [5.41, 5.74) is 3.34. The molecule has 1 aliphatic heterocycles. The van der Waals surface area contributed by atoms with E-state index in [0.29, 0.717) is 36.3 Å². The molecule has 1 unspecified atom stereocenters. The van der Waals surface area contributed by atoms with E-state index in [0.717, 1.165) is 41.0 Å². The second kappa shape index (κ2) is 8.61. The Bertz CT molecular complexity index is 1230. The van der Waals surface area contributed by atoms with Crippen molar-refractivity contribution in [2.75, 3.05) is 26.1 Å². The van der Waals surface area contributed by atoms with Gasteiger partial charge in [-0.2, -0.15) is 4.98 Å². The molecule has 0 bridgehead atoms. The van der Waals surface area contributed by atoms with Gasteiger partial charge in [0.2, 0.25) is 5.95 Å². The lowest BCUT2D eigenvalue weighted by Gasteiger charge is -2.32. The largest absolute Gasteiger partial charge is 0.497 e. The Kier molecular flexibility index (Phi) is 5.50. The number of ether oxygens (including phenoxy) is 3. The number of carbonyl (C=O) groups is 1. The van der Waals surface area contributed by atoms with Gasteiger partial charge in [-0.25, -0.2) is 4.68 Å². The van der Waals surface area contributed by atoms with Crippen LogP contribution in [0.3, 0.4) is 0 Å². The number of aromatic nitrogens is 3. The molecule has 2 aromatic carbocycles. The molecule has 8 heteroatoms. The van der Waals surface area contributed by atoms with Gasteiger partial charge >= 0.3 is 0 Å². The zero-order chi connectivity index (χ0) is 22.9. The van der Waals surface area contributed by atoms with E-state index in [1.165, 1.54) is 0 Å². The van der Waals surface area contributed by atoms with Crippen molar-refractivity contribution in [3.8, 4) is 28.6 Å². The summed E-state index contributed by atoms with van der Waals surface area (Å²) in [7, 11) is 3.23. The summed E-state index contributed by atoms with van der Waals surface area (Å²) in [5, 5.41) is 8.20. The average molecular weight is 447 g/mol. The predicted molar refractivity (Wildman–Crippen MR) is 124 cm³/mol. The highest BCUT2D eigenvalue weighted by atomic mass is 16.5. The number of carbonyl (C=O) groups excluding carboxylic acids is 1. The van der Waals surface area contributed by atoms with Gasteiger partial charge in [0.15, 0.2) is 11.6 Å². The monoisotopic (exact) mass is 446 g/mol. The van der Waals surface area contributed by atoms with Crippen molar-refractivity contribution in [3.63, 3.8) is 0 Å². The maximum Gasteiger partial charge on any atom is 0.226 e. The molecule has 1 aliphatic carbocycles. The lowest BCUT2D eigenvalue weighted by atomic mass is 9.85. The topological polar surface area (TPSA) is 87.5 Å². The molecule has 3 aromatic rings. The Balaban J connectivity index is 1.63. The third kappa shape index (κ3) is 3.71. The molecule has 33 heavy (non-hydrogen) atoms. The van der Waals surface area contributed by atoms with Crippen molar-refractivity contribution >= 4 is 11.7 Å². The highest BCUT2D eigenvalue weighted by Crippen LogP contribution is 2.44. The number of fused-ring (bicyclic) bond motifs is 1. The number of nitrogens with one attached hydrogen (secondary N) is 1. The number of nitrogens with zero attached hydrogens (tertiary/aromatic N) is 3. The molecule has 8 nitrogen and oxygen atoms in total.